The van der Waals surface area contributed by atoms with E-state index in [2.05, 4.69) is 5.32 Å². The van der Waals surface area contributed by atoms with Crippen molar-refractivity contribution in [3.05, 3.63) is 85.0 Å². The van der Waals surface area contributed by atoms with Gasteiger partial charge in [0.25, 0.3) is 5.69 Å². The number of rotatable bonds is 6. The second kappa shape index (κ2) is 10.2. The Hall–Kier alpha value is -2.55. The third-order valence-electron chi connectivity index (χ3n) is 4.51. The molecule has 1 aliphatic heterocycles. The van der Waals surface area contributed by atoms with Crippen LogP contribution in [0, 0.1) is 10.1 Å². The Kier molecular flexibility index (Phi) is 7.59. The number of esters is 1. The van der Waals surface area contributed by atoms with Crippen LogP contribution < -0.4 is 5.32 Å². The van der Waals surface area contributed by atoms with Gasteiger partial charge in [-0.25, -0.2) is 9.79 Å². The molecule has 2 aromatic carbocycles. The number of hydrogen-bond donors (Lipinski definition) is 1. The molecule has 0 radical (unpaired) electrons. The van der Waals surface area contributed by atoms with Crippen LogP contribution in [0.15, 0.2) is 58.7 Å². The maximum atomic E-state index is 12.6. The quantitative estimate of drug-likeness (QED) is 0.325. The number of non-ortho nitro benzene ring substituents is 1. The van der Waals surface area contributed by atoms with Gasteiger partial charge in [-0.3, -0.25) is 10.1 Å². The number of nitro groups is 1. The van der Waals surface area contributed by atoms with Crippen LogP contribution >= 0.6 is 35.0 Å². The maximum Gasteiger partial charge on any atom is 0.338 e. The summed E-state index contributed by atoms with van der Waals surface area (Å²) < 4.78 is 5.22. The van der Waals surface area contributed by atoms with Gasteiger partial charge >= 0.3 is 5.97 Å². The molecule has 0 aromatic heterocycles. The SMILES string of the molecule is CCOC(=O)C1=C(C)NC(SCc2ccc([N+](=O)[O-])cc2)=N[C@H]1c1cccc(Cl)c1Cl. The van der Waals surface area contributed by atoms with Crippen LogP contribution in [0.25, 0.3) is 0 Å². The van der Waals surface area contributed by atoms with Crippen molar-refractivity contribution in [1.82, 2.24) is 5.32 Å². The summed E-state index contributed by atoms with van der Waals surface area (Å²) in [7, 11) is 0. The number of carbonyl (C=O) groups excluding carboxylic acids is 1. The Balaban J connectivity index is 1.89. The van der Waals surface area contributed by atoms with Gasteiger partial charge in [0.05, 0.1) is 27.1 Å². The molecule has 0 bridgehead atoms. The summed E-state index contributed by atoms with van der Waals surface area (Å²) in [4.78, 5) is 27.7. The monoisotopic (exact) mass is 479 g/mol. The molecule has 162 valence electrons. The molecular formula is C21H19Cl2N3O4S. The van der Waals surface area contributed by atoms with Crippen molar-refractivity contribution in [2.75, 3.05) is 6.61 Å². The third kappa shape index (κ3) is 5.39. The molecule has 0 fully saturated rings. The number of halogens is 2. The highest BCUT2D eigenvalue weighted by atomic mass is 35.5. The molecule has 1 heterocycles. The second-order valence-corrected chi connectivity index (χ2v) is 8.33. The van der Waals surface area contributed by atoms with Gasteiger partial charge in [0, 0.05) is 29.1 Å². The molecule has 1 N–H and O–H groups in total. The van der Waals surface area contributed by atoms with Crippen LogP contribution in [-0.2, 0) is 15.3 Å². The van der Waals surface area contributed by atoms with E-state index in [4.69, 9.17) is 32.9 Å². The van der Waals surface area contributed by atoms with Crippen molar-refractivity contribution in [3.8, 4) is 0 Å². The molecule has 31 heavy (non-hydrogen) atoms. The number of thioether (sulfide) groups is 1. The van der Waals surface area contributed by atoms with Crippen molar-refractivity contribution >= 4 is 51.8 Å². The third-order valence-corrected chi connectivity index (χ3v) is 6.30. The number of carbonyl (C=O) groups is 1. The lowest BCUT2D eigenvalue weighted by Gasteiger charge is -2.26. The van der Waals surface area contributed by atoms with Crippen molar-refractivity contribution < 1.29 is 14.5 Å². The van der Waals surface area contributed by atoms with E-state index in [9.17, 15) is 14.9 Å². The minimum absolute atomic E-state index is 0.0374. The van der Waals surface area contributed by atoms with Gasteiger partial charge in [0.15, 0.2) is 5.17 Å². The molecule has 0 saturated heterocycles. The smallest absolute Gasteiger partial charge is 0.338 e. The number of allylic oxidation sites excluding steroid dienone is 1. The van der Waals surface area contributed by atoms with Crippen molar-refractivity contribution in [2.24, 2.45) is 4.99 Å². The lowest BCUT2D eigenvalue weighted by atomic mass is 9.96. The fourth-order valence-corrected chi connectivity index (χ4v) is 4.33. The van der Waals surface area contributed by atoms with Crippen LogP contribution in [0.5, 0.6) is 0 Å². The standard InChI is InChI=1S/C21H19Cl2N3O4S/c1-3-30-20(27)17-12(2)24-21(25-19(17)15-5-4-6-16(22)18(15)23)31-11-13-7-9-14(10-8-13)26(28)29/h4-10,19H,3,11H2,1-2H3,(H,24,25)/t19-/m0/s1. The zero-order valence-corrected chi connectivity index (χ0v) is 19.1. The number of aliphatic imine (C=N–C) groups is 1. The van der Waals surface area contributed by atoms with Crippen molar-refractivity contribution in [3.63, 3.8) is 0 Å². The summed E-state index contributed by atoms with van der Waals surface area (Å²) in [5.74, 6) is 0.0543. The highest BCUT2D eigenvalue weighted by Gasteiger charge is 2.32. The summed E-state index contributed by atoms with van der Waals surface area (Å²) in [6.45, 7) is 3.75. The van der Waals surface area contributed by atoms with E-state index in [0.29, 0.717) is 37.8 Å². The van der Waals surface area contributed by atoms with Gasteiger partial charge in [-0.05, 0) is 25.5 Å². The van der Waals surface area contributed by atoms with Gasteiger partial charge < -0.3 is 10.1 Å². The van der Waals surface area contributed by atoms with Gasteiger partial charge in [0.2, 0.25) is 0 Å². The highest BCUT2D eigenvalue weighted by molar-refractivity contribution is 8.13. The topological polar surface area (TPSA) is 93.8 Å². The molecule has 0 amide bonds. The Labute approximate surface area is 193 Å². The first kappa shape index (κ1) is 23.1. The molecule has 10 heteroatoms. The van der Waals surface area contributed by atoms with E-state index < -0.39 is 16.9 Å². The number of benzene rings is 2. The minimum Gasteiger partial charge on any atom is -0.463 e. The average molecular weight is 480 g/mol. The fourth-order valence-electron chi connectivity index (χ4n) is 3.02. The van der Waals surface area contributed by atoms with Crippen LogP contribution in [0.3, 0.4) is 0 Å². The van der Waals surface area contributed by atoms with E-state index in [1.165, 1.54) is 23.9 Å². The molecule has 0 saturated carbocycles. The zero-order chi connectivity index (χ0) is 22.5. The van der Waals surface area contributed by atoms with Crippen LogP contribution in [0.4, 0.5) is 5.69 Å². The fraction of sp³-hybridized carbons (Fsp3) is 0.238. The first-order valence-corrected chi connectivity index (χ1v) is 11.1. The summed E-state index contributed by atoms with van der Waals surface area (Å²) in [5.41, 5.74) is 2.52. The first-order chi connectivity index (χ1) is 14.8. The molecule has 2 aromatic rings. The summed E-state index contributed by atoms with van der Waals surface area (Å²) >= 11 is 14.0. The summed E-state index contributed by atoms with van der Waals surface area (Å²) in [6.07, 6.45) is 0. The van der Waals surface area contributed by atoms with E-state index in [-0.39, 0.29) is 12.3 Å². The maximum absolute atomic E-state index is 12.6. The molecule has 7 nitrogen and oxygen atoms in total. The number of nitrogens with zero attached hydrogens (tertiary/aromatic N) is 2. The Morgan fingerprint density at radius 2 is 1.97 bits per heavy atom. The molecular weight excluding hydrogens is 461 g/mol. The number of hydrogen-bond acceptors (Lipinski definition) is 7. The number of ether oxygens (including phenoxy) is 1. The van der Waals surface area contributed by atoms with E-state index in [1.807, 2.05) is 0 Å². The van der Waals surface area contributed by atoms with E-state index in [0.717, 1.165) is 5.56 Å². The number of nitro benzene ring substituents is 1. The largest absolute Gasteiger partial charge is 0.463 e. The van der Waals surface area contributed by atoms with Crippen LogP contribution in [0.2, 0.25) is 10.0 Å². The second-order valence-electron chi connectivity index (χ2n) is 6.58. The average Bonchev–Trinajstić information content (AvgIpc) is 2.74. The molecule has 1 aliphatic rings. The van der Waals surface area contributed by atoms with Gasteiger partial charge in [-0.15, -0.1) is 0 Å². The van der Waals surface area contributed by atoms with Crippen molar-refractivity contribution in [1.29, 1.82) is 0 Å². The zero-order valence-electron chi connectivity index (χ0n) is 16.7. The molecule has 0 unspecified atom stereocenters. The van der Waals surface area contributed by atoms with Gasteiger partial charge in [0.1, 0.15) is 6.04 Å². The lowest BCUT2D eigenvalue weighted by molar-refractivity contribution is -0.384. The van der Waals surface area contributed by atoms with Gasteiger partial charge in [-0.2, -0.15) is 0 Å². The minimum atomic E-state index is -0.675. The summed E-state index contributed by atoms with van der Waals surface area (Å²) in [6, 6.07) is 10.9. The normalized spacial score (nSPS) is 15.9. The molecule has 0 spiro atoms. The predicted octanol–water partition coefficient (Wildman–Crippen LogP) is 5.67. The van der Waals surface area contributed by atoms with Crippen molar-refractivity contribution in [2.45, 2.75) is 25.6 Å². The molecule has 1 atom stereocenters. The Morgan fingerprint density at radius 3 is 2.61 bits per heavy atom. The van der Waals surface area contributed by atoms with E-state index in [1.54, 1.807) is 44.2 Å². The molecule has 3 rings (SSSR count). The Morgan fingerprint density at radius 1 is 1.26 bits per heavy atom. The van der Waals surface area contributed by atoms with Crippen LogP contribution in [0.1, 0.15) is 31.0 Å². The number of amidine groups is 1. The van der Waals surface area contributed by atoms with Gasteiger partial charge in [-0.1, -0.05) is 59.2 Å². The Bertz CT molecular complexity index is 1070. The van der Waals surface area contributed by atoms with Crippen LogP contribution in [-0.4, -0.2) is 22.7 Å². The first-order valence-electron chi connectivity index (χ1n) is 9.34. The van der Waals surface area contributed by atoms with E-state index >= 15 is 0 Å². The number of nitrogens with one attached hydrogen (secondary N) is 1. The lowest BCUT2D eigenvalue weighted by Crippen LogP contribution is -2.30. The molecule has 0 aliphatic carbocycles. The highest BCUT2D eigenvalue weighted by Crippen LogP contribution is 2.39. The summed E-state index contributed by atoms with van der Waals surface area (Å²) in [5, 5.41) is 15.2. The predicted molar refractivity (Wildman–Crippen MR) is 123 cm³/mol.